The number of hydrogen-bond acceptors (Lipinski definition) is 10. The summed E-state index contributed by atoms with van der Waals surface area (Å²) >= 11 is 0. The van der Waals surface area contributed by atoms with Crippen LogP contribution in [0.3, 0.4) is 0 Å². The standard InChI is InChI=1S/C44H62N2O9/c1-6-21-46(42(50)52-26-25-51-30-31-15-9-8-10-16-31)39-29-37(45-55-43(3,4)5)35-27-32(17-11-13-22-47)34(18-12-14-23-48)40-36-28-33(49)19-20-38(36)54-44(39,41(35)40)53-24-7-2/h7-10,15-16,19-20,27-28,32,34,39-41,47-49H,2,6,11-14,17-18,21-26,29-30H2,1,3-5H3. The highest BCUT2D eigenvalue weighted by atomic mass is 16.7. The number of carbonyl (C=O) groups excluding carboxylic acids is 1. The van der Waals surface area contributed by atoms with E-state index in [-0.39, 0.29) is 63.0 Å². The van der Waals surface area contributed by atoms with Crippen LogP contribution in [0.25, 0.3) is 0 Å². The van der Waals surface area contributed by atoms with E-state index < -0.39 is 29.4 Å². The molecule has 2 aromatic rings. The Bertz CT molecular complexity index is 1610. The van der Waals surface area contributed by atoms with Gasteiger partial charge in [0.1, 0.15) is 29.7 Å². The normalized spacial score (nSPS) is 24.9. The van der Waals surface area contributed by atoms with Crippen molar-refractivity contribution in [2.45, 2.75) is 109 Å². The number of allylic oxidation sites excluding steroid dienone is 1. The maximum atomic E-state index is 14.3. The van der Waals surface area contributed by atoms with Crippen LogP contribution in [0, 0.1) is 17.8 Å². The molecular weight excluding hydrogens is 700 g/mol. The van der Waals surface area contributed by atoms with Gasteiger partial charge in [-0.3, -0.25) is 4.90 Å². The SMILES string of the molecule is C=CCOC12Oc3ccc(O)cc3C3C(CCCCO)C(CCCCO)C=C(C(=NOC(C)(C)C)CC1N(CCC)C(=O)OCCOCc1ccccc1)C32. The highest BCUT2D eigenvalue weighted by Crippen LogP contribution is 2.62. The van der Waals surface area contributed by atoms with Crippen molar-refractivity contribution in [3.05, 3.63) is 84.0 Å². The van der Waals surface area contributed by atoms with Gasteiger partial charge in [-0.25, -0.2) is 4.79 Å². The summed E-state index contributed by atoms with van der Waals surface area (Å²) in [6.45, 7) is 13.3. The molecule has 2 aromatic carbocycles. The Morgan fingerprint density at radius 1 is 1.05 bits per heavy atom. The van der Waals surface area contributed by atoms with Gasteiger partial charge in [-0.15, -0.1) is 6.58 Å². The molecule has 3 N–H and O–H groups in total. The van der Waals surface area contributed by atoms with Crippen LogP contribution in [0.2, 0.25) is 0 Å². The number of benzene rings is 2. The number of phenols is 1. The molecule has 0 spiro atoms. The third kappa shape index (κ3) is 10.3. The van der Waals surface area contributed by atoms with Crippen molar-refractivity contribution in [2.24, 2.45) is 22.9 Å². The van der Waals surface area contributed by atoms with Crippen molar-refractivity contribution < 1.29 is 43.9 Å². The minimum Gasteiger partial charge on any atom is -0.508 e. The zero-order valence-corrected chi connectivity index (χ0v) is 33.2. The Hall–Kier alpha value is -3.90. The summed E-state index contributed by atoms with van der Waals surface area (Å²) in [5, 5.41) is 35.3. The summed E-state index contributed by atoms with van der Waals surface area (Å²) in [4.78, 5) is 22.2. The fourth-order valence-corrected chi connectivity index (χ4v) is 8.50. The number of unbranched alkanes of at least 4 members (excludes halogenated alkanes) is 2. The number of aliphatic hydroxyl groups excluding tert-OH is 2. The number of aromatic hydroxyl groups is 1. The van der Waals surface area contributed by atoms with E-state index in [1.807, 2.05) is 58.0 Å². The first-order valence-electron chi connectivity index (χ1n) is 20.1. The van der Waals surface area contributed by atoms with Gasteiger partial charge in [-0.1, -0.05) is 67.4 Å². The molecule has 55 heavy (non-hydrogen) atoms. The molecule has 302 valence electrons. The topological polar surface area (TPSA) is 140 Å². The second-order valence-corrected chi connectivity index (χ2v) is 15.8. The van der Waals surface area contributed by atoms with Crippen molar-refractivity contribution in [1.29, 1.82) is 0 Å². The highest BCUT2D eigenvalue weighted by molar-refractivity contribution is 6.03. The van der Waals surface area contributed by atoms with Crippen LogP contribution < -0.4 is 4.74 Å². The quantitative estimate of drug-likeness (QED) is 0.0698. The molecule has 0 aromatic heterocycles. The molecule has 0 saturated heterocycles. The number of nitrogens with zero attached hydrogens (tertiary/aromatic N) is 2. The molecule has 1 fully saturated rings. The lowest BCUT2D eigenvalue weighted by molar-refractivity contribution is -0.255. The van der Waals surface area contributed by atoms with Crippen molar-refractivity contribution in [3.63, 3.8) is 0 Å². The van der Waals surface area contributed by atoms with Gasteiger partial charge in [-0.05, 0) is 94.0 Å². The van der Waals surface area contributed by atoms with E-state index >= 15 is 0 Å². The summed E-state index contributed by atoms with van der Waals surface area (Å²) in [6, 6.07) is 14.4. The summed E-state index contributed by atoms with van der Waals surface area (Å²) < 4.78 is 25.9. The Balaban J connectivity index is 1.62. The molecule has 1 saturated carbocycles. The number of phenolic OH excluding ortho intramolecular Hbond substituents is 1. The Labute approximate surface area is 326 Å². The summed E-state index contributed by atoms with van der Waals surface area (Å²) in [7, 11) is 0. The van der Waals surface area contributed by atoms with Gasteiger partial charge in [0.05, 0.1) is 31.5 Å². The fourth-order valence-electron chi connectivity index (χ4n) is 8.50. The van der Waals surface area contributed by atoms with E-state index in [0.29, 0.717) is 43.9 Å². The first-order chi connectivity index (χ1) is 26.6. The number of hydrogen-bond donors (Lipinski definition) is 3. The number of aliphatic hydroxyl groups is 2. The molecule has 3 aliphatic rings. The molecule has 1 aliphatic heterocycles. The molecule has 1 heterocycles. The summed E-state index contributed by atoms with van der Waals surface area (Å²) in [5.74, 6) is -1.20. The van der Waals surface area contributed by atoms with Crippen LogP contribution in [0.15, 0.2) is 78.0 Å². The predicted molar refractivity (Wildman–Crippen MR) is 212 cm³/mol. The fraction of sp³-hybridized carbons (Fsp3) is 0.591. The van der Waals surface area contributed by atoms with Crippen LogP contribution in [0.5, 0.6) is 11.5 Å². The van der Waals surface area contributed by atoms with Gasteiger partial charge >= 0.3 is 6.09 Å². The third-order valence-electron chi connectivity index (χ3n) is 10.7. The molecule has 0 bridgehead atoms. The lowest BCUT2D eigenvalue weighted by Crippen LogP contribution is -2.70. The number of rotatable bonds is 20. The smallest absolute Gasteiger partial charge is 0.410 e. The summed E-state index contributed by atoms with van der Waals surface area (Å²) in [6.07, 6.45) is 9.04. The molecule has 5 rings (SSSR count). The number of carbonyl (C=O) groups is 1. The van der Waals surface area contributed by atoms with Crippen LogP contribution in [-0.4, -0.2) is 89.0 Å². The molecule has 0 radical (unpaired) electrons. The van der Waals surface area contributed by atoms with Gasteiger partial charge in [0.25, 0.3) is 0 Å². The minimum atomic E-state index is -1.39. The molecule has 11 nitrogen and oxygen atoms in total. The largest absolute Gasteiger partial charge is 0.508 e. The average molecular weight is 763 g/mol. The maximum Gasteiger partial charge on any atom is 0.410 e. The van der Waals surface area contributed by atoms with E-state index in [2.05, 4.69) is 12.7 Å². The van der Waals surface area contributed by atoms with E-state index in [4.69, 9.17) is 28.9 Å². The van der Waals surface area contributed by atoms with Crippen LogP contribution >= 0.6 is 0 Å². The number of fused-ring (bicyclic) bond motifs is 2. The summed E-state index contributed by atoms with van der Waals surface area (Å²) in [5.41, 5.74) is 2.97. The zero-order chi connectivity index (χ0) is 39.4. The second kappa shape index (κ2) is 19.8. The minimum absolute atomic E-state index is 0.0621. The maximum absolute atomic E-state index is 14.3. The van der Waals surface area contributed by atoms with Gasteiger partial charge in [0.15, 0.2) is 0 Å². The van der Waals surface area contributed by atoms with E-state index in [1.54, 1.807) is 29.2 Å². The monoisotopic (exact) mass is 762 g/mol. The molecule has 6 atom stereocenters. The van der Waals surface area contributed by atoms with Crippen molar-refractivity contribution in [2.75, 3.05) is 39.6 Å². The third-order valence-corrected chi connectivity index (χ3v) is 10.7. The molecule has 11 heteroatoms. The Morgan fingerprint density at radius 3 is 2.49 bits per heavy atom. The molecular formula is C44H62N2O9. The van der Waals surface area contributed by atoms with E-state index in [0.717, 1.165) is 42.4 Å². The van der Waals surface area contributed by atoms with Crippen LogP contribution in [0.1, 0.15) is 96.1 Å². The van der Waals surface area contributed by atoms with Gasteiger partial charge in [0.2, 0.25) is 5.79 Å². The Kier molecular flexibility index (Phi) is 15.2. The second-order valence-electron chi connectivity index (χ2n) is 15.8. The first-order valence-corrected chi connectivity index (χ1v) is 20.1. The average Bonchev–Trinajstić information content (AvgIpc) is 3.16. The van der Waals surface area contributed by atoms with Gasteiger partial charge < -0.3 is 39.1 Å². The van der Waals surface area contributed by atoms with Gasteiger partial charge in [0, 0.05) is 37.7 Å². The molecule has 1 amide bonds. The van der Waals surface area contributed by atoms with Crippen molar-refractivity contribution >= 4 is 11.8 Å². The van der Waals surface area contributed by atoms with Crippen molar-refractivity contribution in [3.8, 4) is 11.5 Å². The van der Waals surface area contributed by atoms with Crippen molar-refractivity contribution in [1.82, 2.24) is 4.90 Å². The Morgan fingerprint density at radius 2 is 1.80 bits per heavy atom. The van der Waals surface area contributed by atoms with Crippen LogP contribution in [0.4, 0.5) is 4.79 Å². The van der Waals surface area contributed by atoms with E-state index in [9.17, 15) is 20.1 Å². The zero-order valence-electron chi connectivity index (χ0n) is 33.2. The highest BCUT2D eigenvalue weighted by Gasteiger charge is 2.65. The molecule has 2 aliphatic carbocycles. The number of ether oxygens (including phenoxy) is 4. The number of oxime groups is 1. The predicted octanol–water partition coefficient (Wildman–Crippen LogP) is 7.89. The lowest BCUT2D eigenvalue weighted by atomic mass is 9.55. The lowest BCUT2D eigenvalue weighted by Gasteiger charge is -2.60. The number of amides is 1. The van der Waals surface area contributed by atoms with Gasteiger partial charge in [-0.2, -0.15) is 0 Å². The molecule has 6 unspecified atom stereocenters. The first kappa shape index (κ1) is 42.2. The van der Waals surface area contributed by atoms with Crippen LogP contribution in [-0.2, 0) is 25.7 Å². The van der Waals surface area contributed by atoms with E-state index in [1.165, 1.54) is 0 Å².